The number of amides is 3. The van der Waals surface area contributed by atoms with Crippen LogP contribution < -0.4 is 10.6 Å². The van der Waals surface area contributed by atoms with E-state index in [4.69, 9.17) is 0 Å². The standard InChI is InChI=1S/C29H33N3O4/c1-19(2)16-25(31-27(34)23-13-12-20-8-6-7-11-22(20)17-23)28(35)30-24-14-15-32(18-26(24)33)29(36)21-9-4-3-5-10-21/h3-13,17,19,24-26,33H,14-16,18H2,1-2H3,(H,30,35)(H,31,34)/t24?,25-,26?/m0/s1. The molecule has 4 rings (SSSR count). The van der Waals surface area contributed by atoms with Crippen LogP contribution in [0.15, 0.2) is 72.8 Å². The van der Waals surface area contributed by atoms with Crippen molar-refractivity contribution in [2.45, 2.75) is 44.9 Å². The summed E-state index contributed by atoms with van der Waals surface area (Å²) < 4.78 is 0. The molecule has 0 saturated carbocycles. The molecule has 2 unspecified atom stereocenters. The Morgan fingerprint density at radius 1 is 0.944 bits per heavy atom. The van der Waals surface area contributed by atoms with Crippen LogP contribution in [0.25, 0.3) is 10.8 Å². The number of piperidine rings is 1. The number of carbonyl (C=O) groups excluding carboxylic acids is 3. The first-order chi connectivity index (χ1) is 17.3. The Bertz CT molecular complexity index is 1230. The van der Waals surface area contributed by atoms with Crippen molar-refractivity contribution in [2.24, 2.45) is 5.92 Å². The van der Waals surface area contributed by atoms with Gasteiger partial charge in [0.1, 0.15) is 6.04 Å². The highest BCUT2D eigenvalue weighted by atomic mass is 16.3. The van der Waals surface area contributed by atoms with Crippen LogP contribution in [-0.2, 0) is 4.79 Å². The zero-order valence-electron chi connectivity index (χ0n) is 20.7. The molecule has 1 aliphatic heterocycles. The predicted octanol–water partition coefficient (Wildman–Crippen LogP) is 3.38. The van der Waals surface area contributed by atoms with E-state index >= 15 is 0 Å². The van der Waals surface area contributed by atoms with Crippen LogP contribution in [0, 0.1) is 5.92 Å². The van der Waals surface area contributed by atoms with Gasteiger partial charge in [0.25, 0.3) is 11.8 Å². The molecule has 3 amide bonds. The molecule has 0 aromatic heterocycles. The number of benzene rings is 3. The quantitative estimate of drug-likeness (QED) is 0.476. The Labute approximate surface area is 211 Å². The van der Waals surface area contributed by atoms with E-state index < -0.39 is 18.2 Å². The summed E-state index contributed by atoms with van der Waals surface area (Å²) in [4.78, 5) is 40.5. The minimum atomic E-state index is -0.897. The number of carbonyl (C=O) groups is 3. The third-order valence-corrected chi connectivity index (χ3v) is 6.56. The lowest BCUT2D eigenvalue weighted by Crippen LogP contribution is -2.58. The summed E-state index contributed by atoms with van der Waals surface area (Å²) in [6.07, 6.45) is -0.00305. The summed E-state index contributed by atoms with van der Waals surface area (Å²) >= 11 is 0. The van der Waals surface area contributed by atoms with E-state index in [1.54, 1.807) is 35.2 Å². The van der Waals surface area contributed by atoms with Gasteiger partial charge in [0.15, 0.2) is 0 Å². The highest BCUT2D eigenvalue weighted by molar-refractivity contribution is 6.00. The fraction of sp³-hybridized carbons (Fsp3) is 0.345. The van der Waals surface area contributed by atoms with Gasteiger partial charge in [-0.05, 0) is 53.8 Å². The topological polar surface area (TPSA) is 98.7 Å². The molecule has 0 radical (unpaired) electrons. The van der Waals surface area contributed by atoms with Gasteiger partial charge in [-0.25, -0.2) is 0 Å². The number of fused-ring (bicyclic) bond motifs is 1. The van der Waals surface area contributed by atoms with Crippen LogP contribution in [0.4, 0.5) is 0 Å². The van der Waals surface area contributed by atoms with Crippen LogP contribution in [-0.4, -0.2) is 59.0 Å². The smallest absolute Gasteiger partial charge is 0.253 e. The Kier molecular flexibility index (Phi) is 8.00. The molecule has 1 saturated heterocycles. The molecular weight excluding hydrogens is 454 g/mol. The summed E-state index contributed by atoms with van der Waals surface area (Å²) in [5.41, 5.74) is 1.06. The van der Waals surface area contributed by atoms with Crippen molar-refractivity contribution in [3.8, 4) is 0 Å². The number of nitrogens with zero attached hydrogens (tertiary/aromatic N) is 1. The van der Waals surface area contributed by atoms with Gasteiger partial charge in [0.05, 0.1) is 12.1 Å². The van der Waals surface area contributed by atoms with Gasteiger partial charge in [-0.1, -0.05) is 62.4 Å². The SMILES string of the molecule is CC(C)C[C@H](NC(=O)c1ccc2ccccc2c1)C(=O)NC1CCN(C(=O)c2ccccc2)CC1O. The van der Waals surface area contributed by atoms with Crippen LogP contribution in [0.5, 0.6) is 0 Å². The zero-order chi connectivity index (χ0) is 25.7. The van der Waals surface area contributed by atoms with Gasteiger partial charge < -0.3 is 20.6 Å². The van der Waals surface area contributed by atoms with Gasteiger partial charge in [-0.15, -0.1) is 0 Å². The molecule has 7 nitrogen and oxygen atoms in total. The van der Waals surface area contributed by atoms with Gasteiger partial charge in [-0.2, -0.15) is 0 Å². The van der Waals surface area contributed by atoms with Crippen molar-refractivity contribution in [3.05, 3.63) is 83.9 Å². The molecule has 1 aliphatic rings. The number of rotatable bonds is 7. The maximum atomic E-state index is 13.2. The lowest BCUT2D eigenvalue weighted by molar-refractivity contribution is -0.125. The highest BCUT2D eigenvalue weighted by Crippen LogP contribution is 2.18. The van der Waals surface area contributed by atoms with Crippen molar-refractivity contribution in [1.82, 2.24) is 15.5 Å². The second-order valence-corrected chi connectivity index (χ2v) is 9.81. The summed E-state index contributed by atoms with van der Waals surface area (Å²) in [7, 11) is 0. The van der Waals surface area contributed by atoms with Crippen LogP contribution in [0.3, 0.4) is 0 Å². The van der Waals surface area contributed by atoms with E-state index in [9.17, 15) is 19.5 Å². The van der Waals surface area contributed by atoms with Crippen molar-refractivity contribution in [1.29, 1.82) is 0 Å². The molecule has 3 atom stereocenters. The van der Waals surface area contributed by atoms with E-state index in [1.807, 2.05) is 56.3 Å². The molecule has 3 aromatic rings. The molecule has 36 heavy (non-hydrogen) atoms. The van der Waals surface area contributed by atoms with E-state index in [1.165, 1.54) is 0 Å². The highest BCUT2D eigenvalue weighted by Gasteiger charge is 2.33. The largest absolute Gasteiger partial charge is 0.389 e. The lowest BCUT2D eigenvalue weighted by atomic mass is 9.98. The van der Waals surface area contributed by atoms with Gasteiger partial charge in [0.2, 0.25) is 5.91 Å². The molecular formula is C29H33N3O4. The molecule has 7 heteroatoms. The average molecular weight is 488 g/mol. The second kappa shape index (κ2) is 11.4. The summed E-state index contributed by atoms with van der Waals surface area (Å²) in [5, 5.41) is 18.5. The molecule has 188 valence electrons. The van der Waals surface area contributed by atoms with Crippen LogP contribution in [0.1, 0.15) is 47.4 Å². The average Bonchev–Trinajstić information content (AvgIpc) is 2.88. The maximum Gasteiger partial charge on any atom is 0.253 e. The molecule has 1 heterocycles. The van der Waals surface area contributed by atoms with Crippen molar-refractivity contribution >= 4 is 28.5 Å². The summed E-state index contributed by atoms with van der Waals surface area (Å²) in [5.74, 6) is -0.609. The predicted molar refractivity (Wildman–Crippen MR) is 140 cm³/mol. The number of hydrogen-bond donors (Lipinski definition) is 3. The zero-order valence-corrected chi connectivity index (χ0v) is 20.7. The molecule has 3 aromatic carbocycles. The van der Waals surface area contributed by atoms with Gasteiger partial charge >= 0.3 is 0 Å². The normalized spacial score (nSPS) is 18.6. The Balaban J connectivity index is 1.39. The molecule has 0 bridgehead atoms. The molecule has 0 aliphatic carbocycles. The number of aliphatic hydroxyl groups is 1. The number of nitrogens with one attached hydrogen (secondary N) is 2. The molecule has 0 spiro atoms. The third-order valence-electron chi connectivity index (χ3n) is 6.56. The first-order valence-electron chi connectivity index (χ1n) is 12.4. The monoisotopic (exact) mass is 487 g/mol. The molecule has 1 fully saturated rings. The Hall–Kier alpha value is -3.71. The number of hydrogen-bond acceptors (Lipinski definition) is 4. The van der Waals surface area contributed by atoms with E-state index in [-0.39, 0.29) is 30.2 Å². The minimum absolute atomic E-state index is 0.136. The number of aliphatic hydroxyl groups excluding tert-OH is 1. The number of β-amino-alcohol motifs (C(OH)–C–C–N with tert-alkyl or cyclic N) is 1. The lowest BCUT2D eigenvalue weighted by Gasteiger charge is -2.37. The van der Waals surface area contributed by atoms with E-state index in [0.717, 1.165) is 10.8 Å². The van der Waals surface area contributed by atoms with E-state index in [2.05, 4.69) is 10.6 Å². The van der Waals surface area contributed by atoms with Crippen molar-refractivity contribution in [2.75, 3.05) is 13.1 Å². The fourth-order valence-electron chi connectivity index (χ4n) is 4.61. The van der Waals surface area contributed by atoms with Gasteiger partial charge in [-0.3, -0.25) is 14.4 Å². The third kappa shape index (κ3) is 6.10. The fourth-order valence-corrected chi connectivity index (χ4v) is 4.61. The summed E-state index contributed by atoms with van der Waals surface area (Å²) in [6, 6.07) is 21.0. The first kappa shape index (κ1) is 25.4. The first-order valence-corrected chi connectivity index (χ1v) is 12.4. The van der Waals surface area contributed by atoms with E-state index in [0.29, 0.717) is 30.5 Å². The van der Waals surface area contributed by atoms with Crippen molar-refractivity contribution < 1.29 is 19.5 Å². The van der Waals surface area contributed by atoms with Crippen LogP contribution in [0.2, 0.25) is 0 Å². The van der Waals surface area contributed by atoms with Gasteiger partial charge in [0, 0.05) is 24.2 Å². The maximum absolute atomic E-state index is 13.2. The number of likely N-dealkylation sites (tertiary alicyclic amines) is 1. The molecule has 3 N–H and O–H groups in total. The van der Waals surface area contributed by atoms with Crippen molar-refractivity contribution in [3.63, 3.8) is 0 Å². The second-order valence-electron chi connectivity index (χ2n) is 9.81. The summed E-state index contributed by atoms with van der Waals surface area (Å²) in [6.45, 7) is 4.54. The Morgan fingerprint density at radius 2 is 1.64 bits per heavy atom. The minimum Gasteiger partial charge on any atom is -0.389 e. The Morgan fingerprint density at radius 3 is 2.33 bits per heavy atom. The van der Waals surface area contributed by atoms with Crippen LogP contribution >= 0.6 is 0 Å².